The lowest BCUT2D eigenvalue weighted by Crippen LogP contribution is -2.38. The van der Waals surface area contributed by atoms with Gasteiger partial charge in [-0.3, -0.25) is 9.48 Å². The summed E-state index contributed by atoms with van der Waals surface area (Å²) in [6.07, 6.45) is 2.90. The van der Waals surface area contributed by atoms with Crippen LogP contribution in [0.5, 0.6) is 11.5 Å². The van der Waals surface area contributed by atoms with E-state index in [2.05, 4.69) is 15.7 Å². The summed E-state index contributed by atoms with van der Waals surface area (Å²) in [7, 11) is 1.92. The Kier molecular flexibility index (Phi) is 6.24. The van der Waals surface area contributed by atoms with E-state index >= 15 is 0 Å². The Morgan fingerprint density at radius 3 is 2.68 bits per heavy atom. The minimum atomic E-state index is -0.367. The van der Waals surface area contributed by atoms with Crippen LogP contribution >= 0.6 is 0 Å². The molecular formula is C21H30N4O3. The van der Waals surface area contributed by atoms with Crippen molar-refractivity contribution < 1.29 is 14.3 Å². The van der Waals surface area contributed by atoms with E-state index in [1.54, 1.807) is 0 Å². The van der Waals surface area contributed by atoms with Crippen molar-refractivity contribution in [1.29, 1.82) is 0 Å². The molecule has 0 saturated carbocycles. The van der Waals surface area contributed by atoms with Gasteiger partial charge in [0.2, 0.25) is 5.91 Å². The third-order valence-electron chi connectivity index (χ3n) is 4.51. The number of carbonyl (C=O) groups is 1. The summed E-state index contributed by atoms with van der Waals surface area (Å²) in [6, 6.07) is 5.96. The van der Waals surface area contributed by atoms with Gasteiger partial charge in [-0.05, 0) is 18.2 Å². The highest BCUT2D eigenvalue weighted by molar-refractivity contribution is 5.81. The van der Waals surface area contributed by atoms with Gasteiger partial charge >= 0.3 is 0 Å². The smallest absolute Gasteiger partial charge is 0.225 e. The first-order valence-corrected chi connectivity index (χ1v) is 9.76. The van der Waals surface area contributed by atoms with Crippen molar-refractivity contribution in [2.24, 2.45) is 12.5 Å². The molecule has 1 amide bonds. The van der Waals surface area contributed by atoms with Crippen molar-refractivity contribution >= 4 is 5.91 Å². The Bertz CT molecular complexity index is 824. The van der Waals surface area contributed by atoms with E-state index in [4.69, 9.17) is 9.47 Å². The molecule has 7 heteroatoms. The fourth-order valence-corrected chi connectivity index (χ4v) is 2.97. The highest BCUT2D eigenvalue weighted by Crippen LogP contribution is 2.34. The molecule has 2 heterocycles. The number of hydrogen-bond donors (Lipinski definition) is 2. The molecule has 1 aromatic carbocycles. The van der Waals surface area contributed by atoms with Crippen LogP contribution in [0.15, 0.2) is 24.4 Å². The van der Waals surface area contributed by atoms with Crippen LogP contribution in [0, 0.1) is 5.41 Å². The molecule has 2 aromatic rings. The van der Waals surface area contributed by atoms with E-state index in [1.807, 2.05) is 56.9 Å². The van der Waals surface area contributed by atoms with E-state index in [-0.39, 0.29) is 11.3 Å². The van der Waals surface area contributed by atoms with E-state index in [9.17, 15) is 4.79 Å². The number of nitrogens with zero attached hydrogens (tertiary/aromatic N) is 2. The van der Waals surface area contributed by atoms with Gasteiger partial charge in [0, 0.05) is 55.8 Å². The summed E-state index contributed by atoms with van der Waals surface area (Å²) >= 11 is 0. The Hall–Kier alpha value is -2.54. The fraction of sp³-hybridized carbons (Fsp3) is 0.524. The van der Waals surface area contributed by atoms with Crippen LogP contribution < -0.4 is 20.1 Å². The highest BCUT2D eigenvalue weighted by atomic mass is 16.5. The van der Waals surface area contributed by atoms with E-state index in [1.165, 1.54) is 0 Å². The maximum atomic E-state index is 11.9. The van der Waals surface area contributed by atoms with Gasteiger partial charge in [-0.15, -0.1) is 0 Å². The van der Waals surface area contributed by atoms with Gasteiger partial charge in [-0.25, -0.2) is 0 Å². The molecule has 0 fully saturated rings. The quantitative estimate of drug-likeness (QED) is 0.746. The monoisotopic (exact) mass is 386 g/mol. The third-order valence-corrected chi connectivity index (χ3v) is 4.51. The predicted octanol–water partition coefficient (Wildman–Crippen LogP) is 2.50. The Morgan fingerprint density at radius 1 is 1.18 bits per heavy atom. The topological polar surface area (TPSA) is 77.4 Å². The van der Waals surface area contributed by atoms with Crippen LogP contribution in [0.3, 0.4) is 0 Å². The molecule has 28 heavy (non-hydrogen) atoms. The lowest BCUT2D eigenvalue weighted by Gasteiger charge is -2.17. The molecule has 0 unspecified atom stereocenters. The molecule has 0 saturated heterocycles. The largest absolute Gasteiger partial charge is 0.490 e. The summed E-state index contributed by atoms with van der Waals surface area (Å²) in [4.78, 5) is 11.9. The molecule has 7 nitrogen and oxygen atoms in total. The molecule has 0 spiro atoms. The van der Waals surface area contributed by atoms with Gasteiger partial charge in [0.1, 0.15) is 0 Å². The average Bonchev–Trinajstić information content (AvgIpc) is 2.86. The number of aromatic nitrogens is 2. The maximum Gasteiger partial charge on any atom is 0.225 e. The average molecular weight is 386 g/mol. The van der Waals surface area contributed by atoms with Crippen molar-refractivity contribution in [3.05, 3.63) is 30.0 Å². The van der Waals surface area contributed by atoms with Crippen LogP contribution in [-0.2, 0) is 18.4 Å². The van der Waals surface area contributed by atoms with E-state index < -0.39 is 0 Å². The molecular weight excluding hydrogens is 356 g/mol. The van der Waals surface area contributed by atoms with Gasteiger partial charge < -0.3 is 20.1 Å². The van der Waals surface area contributed by atoms with E-state index in [0.29, 0.717) is 32.8 Å². The molecule has 1 aromatic heterocycles. The molecule has 0 atom stereocenters. The van der Waals surface area contributed by atoms with Crippen molar-refractivity contribution in [3.8, 4) is 22.8 Å². The van der Waals surface area contributed by atoms with Gasteiger partial charge in [-0.2, -0.15) is 5.10 Å². The summed E-state index contributed by atoms with van der Waals surface area (Å²) in [6.45, 7) is 9.02. The number of fused-ring (bicyclic) bond motifs is 1. The van der Waals surface area contributed by atoms with Gasteiger partial charge in [0.15, 0.2) is 11.5 Å². The van der Waals surface area contributed by atoms with Gasteiger partial charge in [-0.1, -0.05) is 20.8 Å². The van der Waals surface area contributed by atoms with Crippen molar-refractivity contribution in [2.75, 3.05) is 26.3 Å². The van der Waals surface area contributed by atoms with Crippen LogP contribution in [0.4, 0.5) is 0 Å². The number of benzene rings is 1. The summed E-state index contributed by atoms with van der Waals surface area (Å²) in [5, 5.41) is 11.0. The number of amides is 1. The van der Waals surface area contributed by atoms with Gasteiger partial charge in [0.05, 0.1) is 18.9 Å². The fourth-order valence-electron chi connectivity index (χ4n) is 2.97. The summed E-state index contributed by atoms with van der Waals surface area (Å²) < 4.78 is 13.3. The Balaban J connectivity index is 1.62. The van der Waals surface area contributed by atoms with Crippen LogP contribution in [0.1, 0.15) is 32.8 Å². The number of hydrogen-bond acceptors (Lipinski definition) is 5. The zero-order chi connectivity index (χ0) is 20.1. The van der Waals surface area contributed by atoms with Crippen LogP contribution in [0.25, 0.3) is 11.3 Å². The standard InChI is InChI=1S/C21H30N4O3/c1-21(2,3)20(26)23-9-8-22-13-16-14-25(4)24-19(16)15-6-7-17-18(12-15)28-11-5-10-27-17/h6-7,12,14,22H,5,8-11,13H2,1-4H3,(H,23,26). The molecule has 0 aliphatic carbocycles. The molecule has 0 bridgehead atoms. The normalized spacial score (nSPS) is 13.9. The SMILES string of the molecule is Cn1cc(CNCCNC(=O)C(C)(C)C)c(-c2ccc3c(c2)OCCCO3)n1. The third kappa shape index (κ3) is 5.04. The first kappa shape index (κ1) is 20.2. The molecule has 1 aliphatic rings. The number of ether oxygens (including phenoxy) is 2. The Labute approximate surface area is 166 Å². The van der Waals surface area contributed by atoms with Gasteiger partial charge in [0.25, 0.3) is 0 Å². The lowest BCUT2D eigenvalue weighted by molar-refractivity contribution is -0.128. The lowest BCUT2D eigenvalue weighted by atomic mass is 9.96. The van der Waals surface area contributed by atoms with Crippen molar-refractivity contribution in [1.82, 2.24) is 20.4 Å². The highest BCUT2D eigenvalue weighted by Gasteiger charge is 2.20. The minimum Gasteiger partial charge on any atom is -0.490 e. The molecule has 0 radical (unpaired) electrons. The predicted molar refractivity (Wildman–Crippen MR) is 108 cm³/mol. The summed E-state index contributed by atoms with van der Waals surface area (Å²) in [5.41, 5.74) is 2.65. The second kappa shape index (κ2) is 8.65. The molecule has 2 N–H and O–H groups in total. The number of carbonyl (C=O) groups excluding carboxylic acids is 1. The number of aryl methyl sites for hydroxylation is 1. The maximum absolute atomic E-state index is 11.9. The molecule has 1 aliphatic heterocycles. The van der Waals surface area contributed by atoms with Crippen molar-refractivity contribution in [3.63, 3.8) is 0 Å². The summed E-state index contributed by atoms with van der Waals surface area (Å²) in [5.74, 6) is 1.61. The second-order valence-electron chi connectivity index (χ2n) is 8.07. The Morgan fingerprint density at radius 2 is 1.93 bits per heavy atom. The zero-order valence-electron chi connectivity index (χ0n) is 17.2. The first-order chi connectivity index (χ1) is 13.3. The van der Waals surface area contributed by atoms with Crippen molar-refractivity contribution in [2.45, 2.75) is 33.7 Å². The first-order valence-electron chi connectivity index (χ1n) is 9.76. The minimum absolute atomic E-state index is 0.0589. The van der Waals surface area contributed by atoms with E-state index in [0.717, 1.165) is 34.7 Å². The zero-order valence-corrected chi connectivity index (χ0v) is 17.2. The molecule has 3 rings (SSSR count). The van der Waals surface area contributed by atoms with Crippen LogP contribution in [-0.4, -0.2) is 42.0 Å². The number of rotatable bonds is 6. The molecule has 152 valence electrons. The van der Waals surface area contributed by atoms with Crippen LogP contribution in [0.2, 0.25) is 0 Å². The number of nitrogens with one attached hydrogen (secondary N) is 2. The second-order valence-corrected chi connectivity index (χ2v) is 8.07.